The molecule has 2 aromatic heterocycles. The molecule has 7 heteroatoms. The molecule has 0 aliphatic heterocycles. The summed E-state index contributed by atoms with van der Waals surface area (Å²) in [6.07, 6.45) is 3.02. The van der Waals surface area contributed by atoms with Crippen LogP contribution >= 0.6 is 11.3 Å². The molecular formula is C13H15N3O3S. The van der Waals surface area contributed by atoms with Crippen LogP contribution in [0.1, 0.15) is 42.2 Å². The molecule has 2 atom stereocenters. The third-order valence-electron chi connectivity index (χ3n) is 3.66. The Bertz CT molecular complexity index is 608. The van der Waals surface area contributed by atoms with Gasteiger partial charge in [0.05, 0.1) is 17.0 Å². The first-order valence-electron chi connectivity index (χ1n) is 6.59. The fourth-order valence-corrected chi connectivity index (χ4v) is 3.45. The van der Waals surface area contributed by atoms with E-state index in [1.807, 2.05) is 17.5 Å². The minimum absolute atomic E-state index is 0.0507. The summed E-state index contributed by atoms with van der Waals surface area (Å²) in [5, 5.41) is 29.1. The molecule has 3 rings (SSSR count). The Morgan fingerprint density at radius 3 is 2.85 bits per heavy atom. The van der Waals surface area contributed by atoms with Gasteiger partial charge >= 0.3 is 5.97 Å². The Morgan fingerprint density at radius 1 is 1.40 bits per heavy atom. The summed E-state index contributed by atoms with van der Waals surface area (Å²) in [5.41, 5.74) is 0.448. The van der Waals surface area contributed by atoms with E-state index < -0.39 is 12.1 Å². The number of aliphatic hydroxyl groups excluding tert-OH is 1. The molecule has 0 saturated heterocycles. The molecule has 0 radical (unpaired) electrons. The summed E-state index contributed by atoms with van der Waals surface area (Å²) >= 11 is 1.45. The molecule has 6 nitrogen and oxygen atoms in total. The number of aromatic carboxylic acids is 1. The summed E-state index contributed by atoms with van der Waals surface area (Å²) in [4.78, 5) is 12.1. The molecule has 20 heavy (non-hydrogen) atoms. The van der Waals surface area contributed by atoms with E-state index in [4.69, 9.17) is 0 Å². The van der Waals surface area contributed by atoms with Crippen molar-refractivity contribution in [2.75, 3.05) is 0 Å². The summed E-state index contributed by atoms with van der Waals surface area (Å²) in [7, 11) is 0. The SMILES string of the molecule is O=C(O)c1nnn(C2CCCCC2O)c1-c1cccs1. The van der Waals surface area contributed by atoms with Crippen LogP contribution in [-0.4, -0.2) is 37.3 Å². The van der Waals surface area contributed by atoms with E-state index >= 15 is 0 Å². The van der Waals surface area contributed by atoms with Gasteiger partial charge in [-0.1, -0.05) is 24.1 Å². The van der Waals surface area contributed by atoms with Crippen molar-refractivity contribution in [1.82, 2.24) is 15.0 Å². The van der Waals surface area contributed by atoms with Crippen molar-refractivity contribution in [3.05, 3.63) is 23.2 Å². The summed E-state index contributed by atoms with van der Waals surface area (Å²) in [6, 6.07) is 3.52. The van der Waals surface area contributed by atoms with Gasteiger partial charge in [-0.25, -0.2) is 9.48 Å². The molecule has 0 bridgehead atoms. The maximum absolute atomic E-state index is 11.3. The molecule has 0 amide bonds. The van der Waals surface area contributed by atoms with Gasteiger partial charge in [-0.15, -0.1) is 16.4 Å². The molecule has 2 aromatic rings. The Kier molecular flexibility index (Phi) is 3.54. The van der Waals surface area contributed by atoms with Crippen LogP contribution in [0.15, 0.2) is 17.5 Å². The number of aliphatic hydroxyl groups is 1. The quantitative estimate of drug-likeness (QED) is 0.905. The van der Waals surface area contributed by atoms with Crippen molar-refractivity contribution in [3.8, 4) is 10.6 Å². The van der Waals surface area contributed by atoms with Crippen LogP contribution in [0.4, 0.5) is 0 Å². The lowest BCUT2D eigenvalue weighted by atomic mass is 9.92. The van der Waals surface area contributed by atoms with E-state index in [1.54, 1.807) is 4.68 Å². The number of carboxylic acids is 1. The Labute approximate surface area is 119 Å². The van der Waals surface area contributed by atoms with Crippen LogP contribution in [0.5, 0.6) is 0 Å². The zero-order chi connectivity index (χ0) is 14.1. The number of rotatable bonds is 3. The molecule has 0 aromatic carbocycles. The van der Waals surface area contributed by atoms with Gasteiger partial charge in [0.25, 0.3) is 0 Å². The maximum Gasteiger partial charge on any atom is 0.358 e. The van der Waals surface area contributed by atoms with Gasteiger partial charge in [0, 0.05) is 0 Å². The lowest BCUT2D eigenvalue weighted by molar-refractivity contribution is 0.0680. The van der Waals surface area contributed by atoms with Gasteiger partial charge in [0.2, 0.25) is 0 Å². The average Bonchev–Trinajstić information content (AvgIpc) is 3.07. The molecule has 0 spiro atoms. The summed E-state index contributed by atoms with van der Waals surface area (Å²) < 4.78 is 1.60. The topological polar surface area (TPSA) is 88.2 Å². The molecule has 1 aliphatic rings. The second-order valence-electron chi connectivity index (χ2n) is 4.93. The van der Waals surface area contributed by atoms with Crippen LogP contribution in [-0.2, 0) is 0 Å². The van der Waals surface area contributed by atoms with Gasteiger partial charge in [0.1, 0.15) is 5.69 Å². The lowest BCUT2D eigenvalue weighted by Gasteiger charge is -2.28. The number of thiophene rings is 1. The second kappa shape index (κ2) is 5.34. The minimum atomic E-state index is -1.09. The zero-order valence-electron chi connectivity index (χ0n) is 10.8. The first-order valence-corrected chi connectivity index (χ1v) is 7.47. The smallest absolute Gasteiger partial charge is 0.358 e. The van der Waals surface area contributed by atoms with Gasteiger partial charge in [-0.3, -0.25) is 0 Å². The lowest BCUT2D eigenvalue weighted by Crippen LogP contribution is -2.29. The highest BCUT2D eigenvalue weighted by Crippen LogP contribution is 2.34. The third-order valence-corrected chi connectivity index (χ3v) is 4.54. The van der Waals surface area contributed by atoms with Crippen molar-refractivity contribution in [1.29, 1.82) is 0 Å². The molecule has 1 saturated carbocycles. The standard InChI is InChI=1S/C13H15N3O3S/c17-9-5-2-1-4-8(9)16-12(10-6-3-7-20-10)11(13(18)19)14-15-16/h3,6-9,17H,1-2,4-5H2,(H,18,19). The number of carbonyl (C=O) groups is 1. The Morgan fingerprint density at radius 2 is 2.20 bits per heavy atom. The molecular weight excluding hydrogens is 278 g/mol. The predicted octanol–water partition coefficient (Wildman–Crippen LogP) is 2.18. The molecule has 106 valence electrons. The van der Waals surface area contributed by atoms with Crippen LogP contribution < -0.4 is 0 Å². The third kappa shape index (κ3) is 2.23. The van der Waals surface area contributed by atoms with Crippen LogP contribution in [0.3, 0.4) is 0 Å². The number of carboxylic acid groups (broad SMARTS) is 1. The highest BCUT2D eigenvalue weighted by Gasteiger charge is 2.31. The predicted molar refractivity (Wildman–Crippen MR) is 73.8 cm³/mol. The first-order chi connectivity index (χ1) is 9.68. The first kappa shape index (κ1) is 13.3. The van der Waals surface area contributed by atoms with Crippen LogP contribution in [0.25, 0.3) is 10.6 Å². The zero-order valence-corrected chi connectivity index (χ0v) is 11.6. The van der Waals surface area contributed by atoms with Crippen molar-refractivity contribution in [3.63, 3.8) is 0 Å². The van der Waals surface area contributed by atoms with E-state index in [0.717, 1.165) is 30.6 Å². The minimum Gasteiger partial charge on any atom is -0.476 e. The van der Waals surface area contributed by atoms with Gasteiger partial charge in [-0.05, 0) is 24.3 Å². The number of hydrogen-bond donors (Lipinski definition) is 2. The second-order valence-corrected chi connectivity index (χ2v) is 5.88. The Balaban J connectivity index is 2.09. The average molecular weight is 293 g/mol. The number of aromatic nitrogens is 3. The molecule has 2 N–H and O–H groups in total. The normalized spacial score (nSPS) is 22.9. The molecule has 2 heterocycles. The van der Waals surface area contributed by atoms with E-state index in [9.17, 15) is 15.0 Å². The maximum atomic E-state index is 11.3. The summed E-state index contributed by atoms with van der Waals surface area (Å²) in [6.45, 7) is 0. The van der Waals surface area contributed by atoms with E-state index in [0.29, 0.717) is 5.69 Å². The van der Waals surface area contributed by atoms with Crippen LogP contribution in [0.2, 0.25) is 0 Å². The monoisotopic (exact) mass is 293 g/mol. The summed E-state index contributed by atoms with van der Waals surface area (Å²) in [5.74, 6) is -1.09. The van der Waals surface area contributed by atoms with Gasteiger partial charge in [-0.2, -0.15) is 0 Å². The highest BCUT2D eigenvalue weighted by atomic mass is 32.1. The molecule has 1 fully saturated rings. The van der Waals surface area contributed by atoms with E-state index in [1.165, 1.54) is 11.3 Å². The number of nitrogens with zero attached hydrogens (tertiary/aromatic N) is 3. The van der Waals surface area contributed by atoms with Gasteiger partial charge in [0.15, 0.2) is 5.69 Å². The van der Waals surface area contributed by atoms with Gasteiger partial charge < -0.3 is 10.2 Å². The largest absolute Gasteiger partial charge is 0.476 e. The van der Waals surface area contributed by atoms with E-state index in [-0.39, 0.29) is 11.7 Å². The van der Waals surface area contributed by atoms with Crippen molar-refractivity contribution in [2.24, 2.45) is 0 Å². The van der Waals surface area contributed by atoms with Crippen LogP contribution in [0, 0.1) is 0 Å². The molecule has 2 unspecified atom stereocenters. The fraction of sp³-hybridized carbons (Fsp3) is 0.462. The fourth-order valence-electron chi connectivity index (χ4n) is 2.69. The molecule has 1 aliphatic carbocycles. The van der Waals surface area contributed by atoms with Crippen molar-refractivity contribution < 1.29 is 15.0 Å². The Hall–Kier alpha value is -1.73. The highest BCUT2D eigenvalue weighted by molar-refractivity contribution is 7.13. The number of hydrogen-bond acceptors (Lipinski definition) is 5. The van der Waals surface area contributed by atoms with Crippen molar-refractivity contribution in [2.45, 2.75) is 37.8 Å². The van der Waals surface area contributed by atoms with E-state index in [2.05, 4.69) is 10.3 Å². The van der Waals surface area contributed by atoms with Crippen molar-refractivity contribution >= 4 is 17.3 Å².